The van der Waals surface area contributed by atoms with Gasteiger partial charge in [0.1, 0.15) is 0 Å². The van der Waals surface area contributed by atoms with E-state index in [0.29, 0.717) is 18.2 Å². The van der Waals surface area contributed by atoms with Crippen LogP contribution in [0, 0.1) is 11.8 Å². The molecule has 0 bridgehead atoms. The molecule has 1 aromatic rings. The summed E-state index contributed by atoms with van der Waals surface area (Å²) in [4.78, 5) is 20.6. The fourth-order valence-corrected chi connectivity index (χ4v) is 6.08. The molecule has 0 unspecified atom stereocenters. The molecular weight excluding hydrogens is 420 g/mol. The van der Waals surface area contributed by atoms with Gasteiger partial charge in [0.25, 0.3) is 0 Å². The second kappa shape index (κ2) is 8.52. The third-order valence-electron chi connectivity index (χ3n) is 7.53. The van der Waals surface area contributed by atoms with E-state index in [1.807, 2.05) is 26.8 Å². The van der Waals surface area contributed by atoms with Crippen LogP contribution < -0.4 is 10.6 Å². The second-order valence-electron chi connectivity index (χ2n) is 12.1. The highest BCUT2D eigenvalue weighted by atomic mass is 28.4. The van der Waals surface area contributed by atoms with Crippen LogP contribution in [0.4, 0.5) is 16.2 Å². The van der Waals surface area contributed by atoms with Crippen molar-refractivity contribution < 1.29 is 14.3 Å². The molecule has 0 aromatic carbocycles. The Kier molecular flexibility index (Phi) is 6.61. The summed E-state index contributed by atoms with van der Waals surface area (Å²) in [5.74, 6) is 0.827. The zero-order valence-corrected chi connectivity index (χ0v) is 22.1. The summed E-state index contributed by atoms with van der Waals surface area (Å²) in [5.41, 5.74) is 7.30. The van der Waals surface area contributed by atoms with E-state index in [1.54, 1.807) is 17.3 Å². The third kappa shape index (κ3) is 5.06. The molecule has 3 rings (SSSR count). The van der Waals surface area contributed by atoms with Gasteiger partial charge in [0, 0.05) is 30.7 Å². The Morgan fingerprint density at radius 2 is 1.84 bits per heavy atom. The Balaban J connectivity index is 2.07. The number of nitrogens with zero attached hydrogens (tertiary/aromatic N) is 3. The molecule has 2 heterocycles. The first-order chi connectivity index (χ1) is 14.6. The fourth-order valence-electron chi connectivity index (χ4n) is 4.71. The van der Waals surface area contributed by atoms with Gasteiger partial charge in [-0.15, -0.1) is 0 Å². The molecule has 2 aliphatic rings. The van der Waals surface area contributed by atoms with Crippen LogP contribution in [0.3, 0.4) is 0 Å². The number of hydrogen-bond donors (Lipinski definition) is 2. The number of pyridine rings is 1. The van der Waals surface area contributed by atoms with E-state index in [0.717, 1.165) is 12.2 Å². The van der Waals surface area contributed by atoms with Gasteiger partial charge in [-0.3, -0.25) is 9.88 Å². The summed E-state index contributed by atoms with van der Waals surface area (Å²) in [7, 11) is -2.12. The quantitative estimate of drug-likeness (QED) is 0.595. The van der Waals surface area contributed by atoms with Crippen LogP contribution in [0.25, 0.3) is 0 Å². The first-order valence-corrected chi connectivity index (χ1v) is 14.7. The lowest BCUT2D eigenvalue weighted by Crippen LogP contribution is -2.67. The maximum Gasteiger partial charge on any atom is 0.408 e. The summed E-state index contributed by atoms with van der Waals surface area (Å²) in [6.45, 7) is 18.5. The molecule has 32 heavy (non-hydrogen) atoms. The number of nitrogens with two attached hydrogens (primary N) is 1. The van der Waals surface area contributed by atoms with Gasteiger partial charge in [-0.1, -0.05) is 20.8 Å². The molecule has 0 spiro atoms. The number of piperidine rings is 1. The van der Waals surface area contributed by atoms with Crippen LogP contribution in [0.15, 0.2) is 18.5 Å². The highest BCUT2D eigenvalue weighted by Crippen LogP contribution is 2.47. The summed E-state index contributed by atoms with van der Waals surface area (Å²) < 4.78 is 7.07. The van der Waals surface area contributed by atoms with Gasteiger partial charge < -0.3 is 20.2 Å². The van der Waals surface area contributed by atoms with Gasteiger partial charge in [-0.2, -0.15) is 0 Å². The van der Waals surface area contributed by atoms with Crippen molar-refractivity contribution in [3.8, 4) is 0 Å². The maximum atomic E-state index is 12.6. The molecule has 7 nitrogen and oxygen atoms in total. The molecular formula is C24H42N4O3Si. The number of anilines is 2. The van der Waals surface area contributed by atoms with E-state index < -0.39 is 19.9 Å². The maximum absolute atomic E-state index is 12.6. The van der Waals surface area contributed by atoms with E-state index in [9.17, 15) is 9.90 Å². The largest absolute Gasteiger partial charge is 0.465 e. The highest BCUT2D eigenvalue weighted by Gasteiger charge is 2.53. The number of hydrogen-bond acceptors (Lipinski definition) is 5. The van der Waals surface area contributed by atoms with E-state index in [-0.39, 0.29) is 23.1 Å². The van der Waals surface area contributed by atoms with E-state index in [4.69, 9.17) is 10.2 Å². The average molecular weight is 463 g/mol. The van der Waals surface area contributed by atoms with Gasteiger partial charge >= 0.3 is 6.09 Å². The normalized spacial score (nSPS) is 25.0. The van der Waals surface area contributed by atoms with Crippen molar-refractivity contribution >= 4 is 25.8 Å². The van der Waals surface area contributed by atoms with Crippen LogP contribution >= 0.6 is 0 Å². The minimum absolute atomic E-state index is 0.0497. The standard InChI is InChI=1S/C24H42N4O3Si/c1-23(2,3)28(22(29)30)20-15-27(19-11-12-26-13-18(19)25)14-17(16-9-10-16)21(20)31-32(7,8)24(4,5)6/h11-13,16-17,20-21H,9-10,14-15,25H2,1-8H3,(H,29,30)/t17-,20-,21-/m1/s1. The lowest BCUT2D eigenvalue weighted by atomic mass is 9.84. The molecule has 1 aliphatic heterocycles. The van der Waals surface area contributed by atoms with Crippen LogP contribution in [-0.4, -0.2) is 60.2 Å². The van der Waals surface area contributed by atoms with Crippen molar-refractivity contribution in [2.75, 3.05) is 23.7 Å². The van der Waals surface area contributed by atoms with E-state index >= 15 is 0 Å². The molecule has 1 aromatic heterocycles. The number of amides is 1. The summed E-state index contributed by atoms with van der Waals surface area (Å²) >= 11 is 0. The molecule has 1 aliphatic carbocycles. The molecule has 1 saturated heterocycles. The van der Waals surface area contributed by atoms with E-state index in [2.05, 4.69) is 43.7 Å². The molecule has 3 N–H and O–H groups in total. The first-order valence-electron chi connectivity index (χ1n) is 11.8. The lowest BCUT2D eigenvalue weighted by molar-refractivity contribution is -0.0239. The van der Waals surface area contributed by atoms with Gasteiger partial charge in [0.2, 0.25) is 0 Å². The fraction of sp³-hybridized carbons (Fsp3) is 0.750. The van der Waals surface area contributed by atoms with Gasteiger partial charge in [-0.05, 0) is 63.7 Å². The van der Waals surface area contributed by atoms with Crippen molar-refractivity contribution in [1.29, 1.82) is 0 Å². The SMILES string of the molecule is CC(C)(C)N(C(=O)O)[C@@H]1CN(c2ccncc2N)C[C@H](C2CC2)[C@H]1O[Si](C)(C)C(C)(C)C. The predicted molar refractivity (Wildman–Crippen MR) is 133 cm³/mol. The van der Waals surface area contributed by atoms with Crippen molar-refractivity contribution in [3.63, 3.8) is 0 Å². The molecule has 0 radical (unpaired) electrons. The van der Waals surface area contributed by atoms with Crippen molar-refractivity contribution in [1.82, 2.24) is 9.88 Å². The zero-order chi connectivity index (χ0) is 24.1. The Morgan fingerprint density at radius 1 is 1.22 bits per heavy atom. The average Bonchev–Trinajstić information content (AvgIpc) is 3.45. The molecule has 2 fully saturated rings. The number of rotatable bonds is 5. The smallest absolute Gasteiger partial charge is 0.408 e. The van der Waals surface area contributed by atoms with Gasteiger partial charge in [0.05, 0.1) is 29.7 Å². The van der Waals surface area contributed by atoms with E-state index in [1.165, 1.54) is 12.8 Å². The molecule has 3 atom stereocenters. The van der Waals surface area contributed by atoms with Crippen molar-refractivity contribution in [2.45, 2.75) is 90.2 Å². The molecule has 1 amide bonds. The van der Waals surface area contributed by atoms with Crippen LogP contribution in [0.2, 0.25) is 18.1 Å². The monoisotopic (exact) mass is 462 g/mol. The van der Waals surface area contributed by atoms with Gasteiger partial charge in [-0.25, -0.2) is 4.79 Å². The Bertz CT molecular complexity index is 829. The number of aromatic nitrogens is 1. The Morgan fingerprint density at radius 3 is 2.31 bits per heavy atom. The molecule has 1 saturated carbocycles. The van der Waals surface area contributed by atoms with Crippen molar-refractivity contribution in [3.05, 3.63) is 18.5 Å². The summed E-state index contributed by atoms with van der Waals surface area (Å²) in [5, 5.41) is 10.4. The number of carbonyl (C=O) groups is 1. The predicted octanol–water partition coefficient (Wildman–Crippen LogP) is 5.05. The highest BCUT2D eigenvalue weighted by molar-refractivity contribution is 6.74. The molecule has 180 valence electrons. The lowest BCUT2D eigenvalue weighted by Gasteiger charge is -2.54. The second-order valence-corrected chi connectivity index (χ2v) is 16.8. The minimum atomic E-state index is -2.12. The summed E-state index contributed by atoms with van der Waals surface area (Å²) in [6.07, 6.45) is 4.76. The minimum Gasteiger partial charge on any atom is -0.465 e. The molecule has 8 heteroatoms. The first kappa shape index (κ1) is 24.8. The Labute approximate surface area is 194 Å². The van der Waals surface area contributed by atoms with Gasteiger partial charge in [0.15, 0.2) is 8.32 Å². The van der Waals surface area contributed by atoms with Crippen LogP contribution in [-0.2, 0) is 4.43 Å². The summed E-state index contributed by atoms with van der Waals surface area (Å²) in [6, 6.07) is 1.65. The third-order valence-corrected chi connectivity index (χ3v) is 12.0. The number of nitrogen functional groups attached to an aromatic ring is 1. The topological polar surface area (TPSA) is 91.9 Å². The number of carboxylic acid groups (broad SMARTS) is 1. The van der Waals surface area contributed by atoms with Crippen molar-refractivity contribution in [2.24, 2.45) is 11.8 Å². The van der Waals surface area contributed by atoms with Crippen LogP contribution in [0.5, 0.6) is 0 Å². The zero-order valence-electron chi connectivity index (χ0n) is 21.1. The Hall–Kier alpha value is -1.80. The van der Waals surface area contributed by atoms with Crippen LogP contribution in [0.1, 0.15) is 54.4 Å².